The molecule has 0 unspecified atom stereocenters. The predicted octanol–water partition coefficient (Wildman–Crippen LogP) is -0.706. The number of benzene rings is 2. The summed E-state index contributed by atoms with van der Waals surface area (Å²) in [6.45, 7) is 0.667. The zero-order chi connectivity index (χ0) is 23.3. The first-order chi connectivity index (χ1) is 15.9. The van der Waals surface area contributed by atoms with Gasteiger partial charge in [-0.1, -0.05) is 12.1 Å². The second-order valence-corrected chi connectivity index (χ2v) is 7.85. The molecule has 1 aliphatic heterocycles. The van der Waals surface area contributed by atoms with Crippen molar-refractivity contribution >= 4 is 16.9 Å². The lowest BCUT2D eigenvalue weighted by Gasteiger charge is -2.22. The Labute approximate surface area is 186 Å². The Kier molecular flexibility index (Phi) is 4.79. The van der Waals surface area contributed by atoms with Crippen LogP contribution in [0, 0.1) is 0 Å². The molecule has 0 bridgehead atoms. The number of nitrogens with two attached hydrogens (primary N) is 1. The average Bonchev–Trinajstić information content (AvgIpc) is 3.17. The number of aromatic carboxylic acids is 1. The molecule has 2 aromatic heterocycles. The van der Waals surface area contributed by atoms with Gasteiger partial charge in [0, 0.05) is 17.3 Å². The van der Waals surface area contributed by atoms with Crippen molar-refractivity contribution in [1.82, 2.24) is 14.5 Å². The largest absolute Gasteiger partial charge is 0.545 e. The number of aromatic amines is 2. The summed E-state index contributed by atoms with van der Waals surface area (Å²) in [7, 11) is 1.59. The van der Waals surface area contributed by atoms with Gasteiger partial charge in [-0.15, -0.1) is 0 Å². The Hall–Kier alpha value is -4.31. The first-order valence-corrected chi connectivity index (χ1v) is 10.3. The molecule has 4 aromatic rings. The molecular formula is C23H20N4O6. The number of methoxy groups -OCH3 is 1. The number of carboxylic acid groups (broad SMARTS) is 1. The average molecular weight is 448 g/mol. The van der Waals surface area contributed by atoms with Crippen molar-refractivity contribution in [2.45, 2.75) is 12.5 Å². The van der Waals surface area contributed by atoms with Gasteiger partial charge in [0.05, 0.1) is 31.0 Å². The molecule has 1 aliphatic rings. The van der Waals surface area contributed by atoms with Crippen molar-refractivity contribution in [3.05, 3.63) is 85.7 Å². The van der Waals surface area contributed by atoms with Crippen molar-refractivity contribution in [2.24, 2.45) is 0 Å². The van der Waals surface area contributed by atoms with Gasteiger partial charge in [-0.25, -0.2) is 9.36 Å². The zero-order valence-corrected chi connectivity index (χ0v) is 17.5. The van der Waals surface area contributed by atoms with Gasteiger partial charge < -0.3 is 30.0 Å². The molecule has 33 heavy (non-hydrogen) atoms. The van der Waals surface area contributed by atoms with E-state index in [-0.39, 0.29) is 16.8 Å². The van der Waals surface area contributed by atoms with Crippen LogP contribution in [0.2, 0.25) is 0 Å². The number of H-pyrrole nitrogens is 2. The van der Waals surface area contributed by atoms with Gasteiger partial charge in [-0.05, 0) is 41.5 Å². The lowest BCUT2D eigenvalue weighted by atomic mass is 9.95. The number of quaternary nitrogens is 1. The molecule has 0 amide bonds. The number of carboxylic acids is 1. The molecule has 0 spiro atoms. The van der Waals surface area contributed by atoms with E-state index in [0.717, 1.165) is 33.1 Å². The third-order valence-electron chi connectivity index (χ3n) is 6.05. The number of rotatable bonds is 4. The minimum atomic E-state index is -1.36. The molecule has 5 rings (SSSR count). The van der Waals surface area contributed by atoms with Crippen LogP contribution in [0.3, 0.4) is 0 Å². The highest BCUT2D eigenvalue weighted by Gasteiger charge is 2.34. The van der Waals surface area contributed by atoms with Gasteiger partial charge in [0.1, 0.15) is 11.3 Å². The SMILES string of the molecule is COc1ccc2[nH]c3c(c2c1)CC[NH2+][C@@H]3c1c(O)n(-c2ccc(C(=O)[O-])cc2)c(=O)[nH]c1=O. The number of carbonyl (C=O) groups excluding carboxylic acids is 1. The van der Waals surface area contributed by atoms with Gasteiger partial charge >= 0.3 is 5.69 Å². The Morgan fingerprint density at radius 2 is 1.94 bits per heavy atom. The van der Waals surface area contributed by atoms with E-state index in [0.29, 0.717) is 12.3 Å². The monoisotopic (exact) mass is 448 g/mol. The molecule has 0 saturated carbocycles. The van der Waals surface area contributed by atoms with E-state index in [1.54, 1.807) is 7.11 Å². The van der Waals surface area contributed by atoms with Crippen LogP contribution in [0.15, 0.2) is 52.1 Å². The molecule has 1 atom stereocenters. The fourth-order valence-electron chi connectivity index (χ4n) is 4.49. The first kappa shape index (κ1) is 20.6. The standard InChI is InChI=1S/C23H20N4O6/c1-33-13-6-7-16-15(10-13)14-8-9-24-19(18(14)25-16)17-20(28)26-23(32)27(21(17)29)12-4-2-11(3-5-12)22(30)31/h2-7,10,19,24-25,29H,8-9H2,1H3,(H,30,31)(H,26,28,32)/t19-/m1/s1. The summed E-state index contributed by atoms with van der Waals surface area (Å²) in [5, 5.41) is 25.0. The Balaban J connectivity index is 1.68. The molecule has 5 N–H and O–H groups in total. The lowest BCUT2D eigenvalue weighted by Crippen LogP contribution is -2.87. The van der Waals surface area contributed by atoms with E-state index < -0.39 is 29.1 Å². The smallest absolute Gasteiger partial charge is 0.335 e. The molecule has 0 saturated heterocycles. The van der Waals surface area contributed by atoms with Crippen LogP contribution < -0.4 is 26.4 Å². The third kappa shape index (κ3) is 3.28. The van der Waals surface area contributed by atoms with Gasteiger partial charge in [0.25, 0.3) is 5.56 Å². The van der Waals surface area contributed by atoms with Gasteiger partial charge in [0.2, 0.25) is 5.88 Å². The molecule has 0 fully saturated rings. The normalized spacial score (nSPS) is 15.4. The summed E-state index contributed by atoms with van der Waals surface area (Å²) in [6.07, 6.45) is 0.752. The van der Waals surface area contributed by atoms with Crippen molar-refractivity contribution in [1.29, 1.82) is 0 Å². The fourth-order valence-corrected chi connectivity index (χ4v) is 4.49. The van der Waals surface area contributed by atoms with Gasteiger partial charge in [-0.3, -0.25) is 9.78 Å². The Morgan fingerprint density at radius 3 is 2.64 bits per heavy atom. The molecule has 2 aromatic carbocycles. The van der Waals surface area contributed by atoms with Crippen LogP contribution in [-0.2, 0) is 6.42 Å². The minimum Gasteiger partial charge on any atom is -0.545 e. The quantitative estimate of drug-likeness (QED) is 0.323. The van der Waals surface area contributed by atoms with Crippen molar-refractivity contribution in [3.8, 4) is 17.3 Å². The molecule has 0 aliphatic carbocycles. The number of carbonyl (C=O) groups is 1. The van der Waals surface area contributed by atoms with Crippen LogP contribution in [0.25, 0.3) is 16.6 Å². The van der Waals surface area contributed by atoms with Gasteiger partial charge in [-0.2, -0.15) is 0 Å². The maximum Gasteiger partial charge on any atom is 0.335 e. The van der Waals surface area contributed by atoms with E-state index in [1.807, 2.05) is 23.5 Å². The maximum absolute atomic E-state index is 12.8. The summed E-state index contributed by atoms with van der Waals surface area (Å²) in [4.78, 5) is 42.1. The summed E-state index contributed by atoms with van der Waals surface area (Å²) in [6, 6.07) is 10.3. The molecule has 10 nitrogen and oxygen atoms in total. The fraction of sp³-hybridized carbons (Fsp3) is 0.174. The number of ether oxygens (including phenoxy) is 1. The maximum atomic E-state index is 12.8. The molecule has 3 heterocycles. The molecule has 0 radical (unpaired) electrons. The van der Waals surface area contributed by atoms with Crippen LogP contribution in [0.4, 0.5) is 0 Å². The number of nitrogens with zero attached hydrogens (tertiary/aromatic N) is 1. The summed E-state index contributed by atoms with van der Waals surface area (Å²) in [5.41, 5.74) is 1.30. The highest BCUT2D eigenvalue weighted by atomic mass is 16.5. The highest BCUT2D eigenvalue weighted by Crippen LogP contribution is 2.34. The van der Waals surface area contributed by atoms with Crippen molar-refractivity contribution in [2.75, 3.05) is 13.7 Å². The van der Waals surface area contributed by atoms with Crippen LogP contribution >= 0.6 is 0 Å². The number of hydrogen-bond donors (Lipinski definition) is 4. The molecule has 168 valence electrons. The number of aromatic nitrogens is 3. The lowest BCUT2D eigenvalue weighted by molar-refractivity contribution is -0.690. The zero-order valence-electron chi connectivity index (χ0n) is 17.5. The van der Waals surface area contributed by atoms with Crippen molar-refractivity contribution in [3.63, 3.8) is 0 Å². The number of fused-ring (bicyclic) bond motifs is 3. The van der Waals surface area contributed by atoms with Crippen LogP contribution in [0.1, 0.15) is 33.2 Å². The second kappa shape index (κ2) is 7.68. The highest BCUT2D eigenvalue weighted by molar-refractivity contribution is 5.87. The van der Waals surface area contributed by atoms with E-state index >= 15 is 0 Å². The van der Waals surface area contributed by atoms with Crippen LogP contribution in [-0.4, -0.2) is 39.3 Å². The van der Waals surface area contributed by atoms with Gasteiger partial charge in [0.15, 0.2) is 6.04 Å². The van der Waals surface area contributed by atoms with E-state index in [4.69, 9.17) is 4.74 Å². The summed E-state index contributed by atoms with van der Waals surface area (Å²) >= 11 is 0. The first-order valence-electron chi connectivity index (χ1n) is 10.3. The number of hydrogen-bond acceptors (Lipinski definition) is 6. The topological polar surface area (TPSA) is 157 Å². The second-order valence-electron chi connectivity index (χ2n) is 7.85. The summed E-state index contributed by atoms with van der Waals surface area (Å²) < 4.78 is 6.29. The van der Waals surface area contributed by atoms with Crippen molar-refractivity contribution < 1.29 is 25.1 Å². The number of nitrogens with one attached hydrogen (secondary N) is 2. The molecular weight excluding hydrogens is 428 g/mol. The third-order valence-corrected chi connectivity index (χ3v) is 6.05. The predicted molar refractivity (Wildman–Crippen MR) is 116 cm³/mol. The van der Waals surface area contributed by atoms with Crippen LogP contribution in [0.5, 0.6) is 11.6 Å². The Morgan fingerprint density at radius 1 is 1.18 bits per heavy atom. The number of aromatic hydroxyl groups is 1. The Bertz CT molecular complexity index is 1510. The molecule has 10 heteroatoms. The van der Waals surface area contributed by atoms with E-state index in [9.17, 15) is 24.6 Å². The minimum absolute atomic E-state index is 0.0260. The van der Waals surface area contributed by atoms with E-state index in [2.05, 4.69) is 9.97 Å². The summed E-state index contributed by atoms with van der Waals surface area (Å²) in [5.74, 6) is -1.15. The van der Waals surface area contributed by atoms with E-state index in [1.165, 1.54) is 24.3 Å².